The van der Waals surface area contributed by atoms with E-state index < -0.39 is 10.0 Å². The Bertz CT molecular complexity index is 865. The molecule has 0 radical (unpaired) electrons. The van der Waals surface area contributed by atoms with Gasteiger partial charge in [0.25, 0.3) is 0 Å². The summed E-state index contributed by atoms with van der Waals surface area (Å²) in [5.74, 6) is -0.203. The maximum absolute atomic E-state index is 12.6. The summed E-state index contributed by atoms with van der Waals surface area (Å²) in [5.41, 5.74) is 2.71. The quantitative estimate of drug-likeness (QED) is 0.831. The number of sulfonamides is 1. The van der Waals surface area contributed by atoms with Gasteiger partial charge in [0.05, 0.1) is 4.90 Å². The average molecular weight is 375 g/mol. The Morgan fingerprint density at radius 2 is 1.50 bits per heavy atom. The van der Waals surface area contributed by atoms with E-state index in [-0.39, 0.29) is 22.3 Å². The van der Waals surface area contributed by atoms with Crippen LogP contribution in [0.1, 0.15) is 51.8 Å². The highest BCUT2D eigenvalue weighted by Crippen LogP contribution is 2.24. The fraction of sp³-hybridized carbons (Fsp3) is 0.350. The van der Waals surface area contributed by atoms with Crippen molar-refractivity contribution < 1.29 is 13.2 Å². The Balaban J connectivity index is 2.14. The number of carbonyl (C=O) groups excluding carboxylic acids is 1. The highest BCUT2D eigenvalue weighted by Gasteiger charge is 2.19. The largest absolute Gasteiger partial charge is 0.326 e. The lowest BCUT2D eigenvalue weighted by molar-refractivity contribution is -0.114. The maximum atomic E-state index is 12.6. The van der Waals surface area contributed by atoms with Gasteiger partial charge in [-0.25, -0.2) is 13.1 Å². The zero-order valence-electron chi connectivity index (χ0n) is 15.8. The van der Waals surface area contributed by atoms with Crippen LogP contribution in [0.4, 0.5) is 5.69 Å². The molecule has 0 saturated carbocycles. The van der Waals surface area contributed by atoms with Gasteiger partial charge >= 0.3 is 0 Å². The van der Waals surface area contributed by atoms with Crippen molar-refractivity contribution in [1.29, 1.82) is 0 Å². The molecule has 2 aromatic carbocycles. The molecule has 2 aromatic rings. The minimum absolute atomic E-state index is 0.0525. The van der Waals surface area contributed by atoms with Crippen LogP contribution >= 0.6 is 0 Å². The van der Waals surface area contributed by atoms with E-state index in [2.05, 4.69) is 30.8 Å². The first-order valence-electron chi connectivity index (χ1n) is 8.49. The number of amides is 1. The standard InChI is InChI=1S/C20H26N2O3S/c1-14(16-6-8-17(9-7-16)20(3,4)5)22-26(24,25)19-12-10-18(11-13-19)21-15(2)23/h6-14,22H,1-5H3,(H,21,23)/t14-/m1/s1. The van der Waals surface area contributed by atoms with E-state index in [1.807, 2.05) is 31.2 Å². The lowest BCUT2D eigenvalue weighted by Gasteiger charge is -2.20. The zero-order valence-corrected chi connectivity index (χ0v) is 16.6. The van der Waals surface area contributed by atoms with Gasteiger partial charge in [0, 0.05) is 18.7 Å². The van der Waals surface area contributed by atoms with Crippen LogP contribution in [0.3, 0.4) is 0 Å². The number of benzene rings is 2. The molecule has 2 rings (SSSR count). The van der Waals surface area contributed by atoms with Crippen LogP contribution in [-0.2, 0) is 20.2 Å². The van der Waals surface area contributed by atoms with E-state index in [9.17, 15) is 13.2 Å². The topological polar surface area (TPSA) is 75.3 Å². The molecule has 0 unspecified atom stereocenters. The van der Waals surface area contributed by atoms with Crippen molar-refractivity contribution in [2.75, 3.05) is 5.32 Å². The fourth-order valence-corrected chi connectivity index (χ4v) is 3.79. The summed E-state index contributed by atoms with van der Waals surface area (Å²) in [4.78, 5) is 11.2. The molecular weight excluding hydrogens is 348 g/mol. The van der Waals surface area contributed by atoms with Gasteiger partial charge in [-0.3, -0.25) is 4.79 Å². The number of carbonyl (C=O) groups is 1. The number of hydrogen-bond acceptors (Lipinski definition) is 3. The molecule has 0 fully saturated rings. The SMILES string of the molecule is CC(=O)Nc1ccc(S(=O)(=O)N[C@H](C)c2ccc(C(C)(C)C)cc2)cc1. The van der Waals surface area contributed by atoms with Crippen LogP contribution in [0.5, 0.6) is 0 Å². The number of anilines is 1. The second kappa shape index (κ2) is 7.60. The molecule has 0 saturated heterocycles. The van der Waals surface area contributed by atoms with Crippen molar-refractivity contribution in [3.8, 4) is 0 Å². The van der Waals surface area contributed by atoms with Gasteiger partial charge in [0.15, 0.2) is 0 Å². The molecule has 1 atom stereocenters. The predicted octanol–water partition coefficient (Wildman–Crippen LogP) is 3.98. The highest BCUT2D eigenvalue weighted by molar-refractivity contribution is 7.89. The Kier molecular flexibility index (Phi) is 5.88. The zero-order chi connectivity index (χ0) is 19.5. The third-order valence-corrected chi connectivity index (χ3v) is 5.65. The molecule has 0 aromatic heterocycles. The Morgan fingerprint density at radius 1 is 0.962 bits per heavy atom. The number of hydrogen-bond donors (Lipinski definition) is 2. The second-order valence-electron chi connectivity index (χ2n) is 7.42. The van der Waals surface area contributed by atoms with Crippen molar-refractivity contribution in [2.45, 2.75) is 51.0 Å². The molecule has 0 aliphatic rings. The smallest absolute Gasteiger partial charge is 0.241 e. The first-order chi connectivity index (χ1) is 12.0. The van der Waals surface area contributed by atoms with Crippen molar-refractivity contribution in [2.24, 2.45) is 0 Å². The summed E-state index contributed by atoms with van der Waals surface area (Å²) >= 11 is 0. The maximum Gasteiger partial charge on any atom is 0.241 e. The van der Waals surface area contributed by atoms with Gasteiger partial charge in [-0.2, -0.15) is 0 Å². The molecule has 2 N–H and O–H groups in total. The minimum Gasteiger partial charge on any atom is -0.326 e. The third kappa shape index (κ3) is 5.16. The van der Waals surface area contributed by atoms with E-state index >= 15 is 0 Å². The number of rotatable bonds is 5. The average Bonchev–Trinajstić information content (AvgIpc) is 2.53. The van der Waals surface area contributed by atoms with E-state index in [0.717, 1.165) is 5.56 Å². The lowest BCUT2D eigenvalue weighted by atomic mass is 9.86. The second-order valence-corrected chi connectivity index (χ2v) is 9.13. The fourth-order valence-electron chi connectivity index (χ4n) is 2.56. The summed E-state index contributed by atoms with van der Waals surface area (Å²) in [5, 5.41) is 2.61. The van der Waals surface area contributed by atoms with Crippen molar-refractivity contribution >= 4 is 21.6 Å². The Morgan fingerprint density at radius 3 is 1.96 bits per heavy atom. The monoisotopic (exact) mass is 374 g/mol. The summed E-state index contributed by atoms with van der Waals surface area (Å²) in [6, 6.07) is 13.7. The summed E-state index contributed by atoms with van der Waals surface area (Å²) < 4.78 is 27.8. The van der Waals surface area contributed by atoms with Crippen LogP contribution in [0.2, 0.25) is 0 Å². The van der Waals surface area contributed by atoms with Crippen LogP contribution in [0, 0.1) is 0 Å². The molecule has 1 amide bonds. The molecule has 0 bridgehead atoms. The molecule has 0 aliphatic heterocycles. The van der Waals surface area contributed by atoms with Gasteiger partial charge in [0.1, 0.15) is 0 Å². The molecule has 6 heteroatoms. The minimum atomic E-state index is -3.65. The van der Waals surface area contributed by atoms with Crippen LogP contribution < -0.4 is 10.0 Å². The molecule has 26 heavy (non-hydrogen) atoms. The molecule has 5 nitrogen and oxygen atoms in total. The molecule has 0 aliphatic carbocycles. The number of nitrogens with one attached hydrogen (secondary N) is 2. The van der Waals surface area contributed by atoms with Crippen LogP contribution in [0.15, 0.2) is 53.4 Å². The summed E-state index contributed by atoms with van der Waals surface area (Å²) in [6.07, 6.45) is 0. The normalized spacial score (nSPS) is 13.3. The van der Waals surface area contributed by atoms with Gasteiger partial charge in [0.2, 0.25) is 15.9 Å². The van der Waals surface area contributed by atoms with Gasteiger partial charge in [-0.1, -0.05) is 45.0 Å². The molecule has 0 spiro atoms. The van der Waals surface area contributed by atoms with Crippen LogP contribution in [-0.4, -0.2) is 14.3 Å². The highest BCUT2D eigenvalue weighted by atomic mass is 32.2. The molecular formula is C20H26N2O3S. The third-order valence-electron chi connectivity index (χ3n) is 4.09. The molecule has 140 valence electrons. The lowest BCUT2D eigenvalue weighted by Crippen LogP contribution is -2.27. The first-order valence-corrected chi connectivity index (χ1v) is 9.98. The summed E-state index contributed by atoms with van der Waals surface area (Å²) in [6.45, 7) is 9.63. The molecule has 0 heterocycles. The van der Waals surface area contributed by atoms with E-state index in [1.165, 1.54) is 24.6 Å². The van der Waals surface area contributed by atoms with Gasteiger partial charge in [-0.15, -0.1) is 0 Å². The first kappa shape index (κ1) is 20.1. The van der Waals surface area contributed by atoms with Gasteiger partial charge in [-0.05, 0) is 47.7 Å². The van der Waals surface area contributed by atoms with Crippen molar-refractivity contribution in [3.63, 3.8) is 0 Å². The predicted molar refractivity (Wildman–Crippen MR) is 105 cm³/mol. The Labute approximate surface area is 155 Å². The van der Waals surface area contributed by atoms with Crippen molar-refractivity contribution in [1.82, 2.24) is 4.72 Å². The summed E-state index contributed by atoms with van der Waals surface area (Å²) in [7, 11) is -3.65. The van der Waals surface area contributed by atoms with Crippen LogP contribution in [0.25, 0.3) is 0 Å². The Hall–Kier alpha value is -2.18. The van der Waals surface area contributed by atoms with E-state index in [0.29, 0.717) is 5.69 Å². The van der Waals surface area contributed by atoms with E-state index in [4.69, 9.17) is 0 Å². The van der Waals surface area contributed by atoms with E-state index in [1.54, 1.807) is 12.1 Å². The van der Waals surface area contributed by atoms with Gasteiger partial charge < -0.3 is 5.32 Å². The van der Waals surface area contributed by atoms with Crippen molar-refractivity contribution in [3.05, 3.63) is 59.7 Å².